The van der Waals surface area contributed by atoms with Gasteiger partial charge in [0.05, 0.1) is 5.41 Å². The zero-order chi connectivity index (χ0) is 11.6. The molecule has 6 heteroatoms. The van der Waals surface area contributed by atoms with Gasteiger partial charge in [-0.25, -0.2) is 13.4 Å². The van der Waals surface area contributed by atoms with Gasteiger partial charge in [0.15, 0.2) is 5.04 Å². The van der Waals surface area contributed by atoms with Gasteiger partial charge in [-0.1, -0.05) is 15.9 Å². The fraction of sp³-hybridized carbons (Fsp3) is 0.100. The van der Waals surface area contributed by atoms with E-state index in [1.807, 2.05) is 12.1 Å². The highest BCUT2D eigenvalue weighted by molar-refractivity contribution is 9.10. The molecule has 0 radical (unpaired) electrons. The summed E-state index contributed by atoms with van der Waals surface area (Å²) in [6, 6.07) is 7.14. The van der Waals surface area contributed by atoms with Crippen molar-refractivity contribution in [2.45, 2.75) is 0 Å². The molecule has 0 spiro atoms. The maximum atomic E-state index is 11.3. The van der Waals surface area contributed by atoms with Crippen LogP contribution >= 0.6 is 15.9 Å². The van der Waals surface area contributed by atoms with E-state index in [2.05, 4.69) is 20.9 Å². The summed E-state index contributed by atoms with van der Waals surface area (Å²) in [5.74, 6) is 0.605. The molecule has 0 saturated carbocycles. The minimum atomic E-state index is -3.33. The van der Waals surface area contributed by atoms with Crippen molar-refractivity contribution >= 4 is 30.8 Å². The number of halogens is 1. The number of ether oxygens (including phenoxy) is 1. The molecule has 0 N–H and O–H groups in total. The highest BCUT2D eigenvalue weighted by Crippen LogP contribution is 2.17. The van der Waals surface area contributed by atoms with Gasteiger partial charge in [0.25, 0.3) is 0 Å². The first-order valence-corrected chi connectivity index (χ1v) is 6.78. The third-order valence-electron chi connectivity index (χ3n) is 1.96. The van der Waals surface area contributed by atoms with Crippen LogP contribution in [0.4, 0.5) is 0 Å². The Kier molecular flexibility index (Phi) is 3.11. The van der Waals surface area contributed by atoms with E-state index in [9.17, 15) is 8.42 Å². The van der Waals surface area contributed by atoms with E-state index in [1.165, 1.54) is 6.20 Å². The monoisotopic (exact) mass is 301 g/mol. The van der Waals surface area contributed by atoms with E-state index in [-0.39, 0.29) is 11.7 Å². The van der Waals surface area contributed by atoms with E-state index in [0.29, 0.717) is 5.75 Å². The van der Waals surface area contributed by atoms with Crippen LogP contribution in [0.25, 0.3) is 0 Å². The Labute approximate surface area is 102 Å². The van der Waals surface area contributed by atoms with Gasteiger partial charge in [-0.15, -0.1) is 0 Å². The largest absolute Gasteiger partial charge is 0.487 e. The molecule has 1 aromatic rings. The van der Waals surface area contributed by atoms with E-state index < -0.39 is 9.84 Å². The van der Waals surface area contributed by atoms with Crippen molar-refractivity contribution in [3.63, 3.8) is 0 Å². The molecule has 1 aromatic carbocycles. The highest BCUT2D eigenvalue weighted by Gasteiger charge is 2.20. The van der Waals surface area contributed by atoms with Gasteiger partial charge >= 0.3 is 0 Å². The van der Waals surface area contributed by atoms with Crippen molar-refractivity contribution in [2.75, 3.05) is 6.61 Å². The minimum absolute atomic E-state index is 0.0374. The summed E-state index contributed by atoms with van der Waals surface area (Å²) in [5.41, 5.74) is 0. The van der Waals surface area contributed by atoms with Crippen molar-refractivity contribution in [3.8, 4) is 5.75 Å². The Balaban J connectivity index is 2.02. The summed E-state index contributed by atoms with van der Waals surface area (Å²) in [6.45, 7) is -0.0447. The Bertz CT molecular complexity index is 546. The lowest BCUT2D eigenvalue weighted by molar-refractivity contribution is 0.378. The second-order valence-corrected chi connectivity index (χ2v) is 5.84. The molecular formula is C10H8BrNO3S. The molecule has 0 aromatic heterocycles. The summed E-state index contributed by atoms with van der Waals surface area (Å²) >= 11 is 3.30. The first-order valence-electron chi connectivity index (χ1n) is 4.45. The Morgan fingerprint density at radius 3 is 2.50 bits per heavy atom. The first-order chi connectivity index (χ1) is 7.58. The SMILES string of the molecule is O=S1(=O)C=CN=C1COc1ccc(Br)cc1. The van der Waals surface area contributed by atoms with Crippen molar-refractivity contribution in [2.24, 2.45) is 4.99 Å². The molecule has 4 nitrogen and oxygen atoms in total. The van der Waals surface area contributed by atoms with E-state index in [4.69, 9.17) is 4.74 Å². The topological polar surface area (TPSA) is 55.7 Å². The van der Waals surface area contributed by atoms with Gasteiger partial charge in [0, 0.05) is 10.7 Å². The summed E-state index contributed by atoms with van der Waals surface area (Å²) in [4.78, 5) is 3.73. The average molecular weight is 302 g/mol. The third-order valence-corrected chi connectivity index (χ3v) is 3.85. The summed E-state index contributed by atoms with van der Waals surface area (Å²) in [5, 5.41) is 1.10. The highest BCUT2D eigenvalue weighted by atomic mass is 79.9. The molecule has 0 bridgehead atoms. The van der Waals surface area contributed by atoms with Gasteiger partial charge in [0.1, 0.15) is 12.4 Å². The van der Waals surface area contributed by atoms with Crippen LogP contribution in [0.15, 0.2) is 45.3 Å². The van der Waals surface area contributed by atoms with Crippen LogP contribution < -0.4 is 4.74 Å². The Morgan fingerprint density at radius 2 is 1.94 bits per heavy atom. The fourth-order valence-electron chi connectivity index (χ4n) is 1.14. The third kappa shape index (κ3) is 2.51. The van der Waals surface area contributed by atoms with E-state index in [1.54, 1.807) is 12.1 Å². The number of benzene rings is 1. The molecule has 1 aliphatic heterocycles. The quantitative estimate of drug-likeness (QED) is 0.859. The van der Waals surface area contributed by atoms with Crippen LogP contribution in [0.1, 0.15) is 0 Å². The van der Waals surface area contributed by atoms with Gasteiger partial charge in [-0.2, -0.15) is 0 Å². The zero-order valence-electron chi connectivity index (χ0n) is 8.13. The van der Waals surface area contributed by atoms with E-state index in [0.717, 1.165) is 9.88 Å². The number of sulfone groups is 1. The number of rotatable bonds is 3. The summed E-state index contributed by atoms with van der Waals surface area (Å²) in [7, 11) is -3.33. The predicted octanol–water partition coefficient (Wildman–Crippen LogP) is 2.13. The van der Waals surface area contributed by atoms with Gasteiger partial charge in [-0.3, -0.25) is 0 Å². The number of hydrogen-bond acceptors (Lipinski definition) is 4. The van der Waals surface area contributed by atoms with Crippen molar-refractivity contribution in [1.82, 2.24) is 0 Å². The molecule has 0 saturated heterocycles. The van der Waals surface area contributed by atoms with Crippen LogP contribution in [-0.2, 0) is 9.84 Å². The molecule has 0 unspecified atom stereocenters. The average Bonchev–Trinajstić information content (AvgIpc) is 2.57. The maximum Gasteiger partial charge on any atom is 0.218 e. The van der Waals surface area contributed by atoms with Crippen LogP contribution in [0.3, 0.4) is 0 Å². The molecule has 84 valence electrons. The van der Waals surface area contributed by atoms with Crippen LogP contribution in [0.5, 0.6) is 5.75 Å². The summed E-state index contributed by atoms with van der Waals surface area (Å²) < 4.78 is 28.9. The molecular weight excluding hydrogens is 294 g/mol. The fourth-order valence-corrected chi connectivity index (χ4v) is 2.21. The second-order valence-electron chi connectivity index (χ2n) is 3.10. The number of nitrogens with zero attached hydrogens (tertiary/aromatic N) is 1. The molecule has 1 heterocycles. The van der Waals surface area contributed by atoms with Crippen molar-refractivity contribution < 1.29 is 13.2 Å². The van der Waals surface area contributed by atoms with Crippen LogP contribution in [0, 0.1) is 0 Å². The van der Waals surface area contributed by atoms with Crippen LogP contribution in [-0.4, -0.2) is 20.1 Å². The lowest BCUT2D eigenvalue weighted by atomic mass is 10.3. The molecule has 1 aliphatic rings. The maximum absolute atomic E-state index is 11.3. The number of hydrogen-bond donors (Lipinski definition) is 0. The number of aliphatic imine (C=N–C) groups is 1. The first kappa shape index (κ1) is 11.3. The Morgan fingerprint density at radius 1 is 1.25 bits per heavy atom. The molecule has 0 atom stereocenters. The molecule has 0 aliphatic carbocycles. The lowest BCUT2D eigenvalue weighted by Gasteiger charge is -2.05. The van der Waals surface area contributed by atoms with Gasteiger partial charge in [-0.05, 0) is 24.3 Å². The lowest BCUT2D eigenvalue weighted by Crippen LogP contribution is -2.17. The standard InChI is InChI=1S/C10H8BrNO3S/c11-8-1-3-9(4-2-8)15-7-10-12-5-6-16(10,13)14/h1-6H,7H2. The Hall–Kier alpha value is -1.14. The minimum Gasteiger partial charge on any atom is -0.487 e. The second kappa shape index (κ2) is 4.39. The van der Waals surface area contributed by atoms with Crippen molar-refractivity contribution in [3.05, 3.63) is 40.3 Å². The van der Waals surface area contributed by atoms with Gasteiger partial charge < -0.3 is 4.74 Å². The molecule has 16 heavy (non-hydrogen) atoms. The van der Waals surface area contributed by atoms with Crippen molar-refractivity contribution in [1.29, 1.82) is 0 Å². The zero-order valence-corrected chi connectivity index (χ0v) is 10.5. The van der Waals surface area contributed by atoms with Crippen LogP contribution in [0.2, 0.25) is 0 Å². The predicted molar refractivity (Wildman–Crippen MR) is 65.1 cm³/mol. The van der Waals surface area contributed by atoms with Gasteiger partial charge in [0.2, 0.25) is 9.84 Å². The normalized spacial score (nSPS) is 17.2. The van der Waals surface area contributed by atoms with E-state index >= 15 is 0 Å². The molecule has 0 amide bonds. The smallest absolute Gasteiger partial charge is 0.218 e. The summed E-state index contributed by atoms with van der Waals surface area (Å²) in [6.07, 6.45) is 1.26. The molecule has 0 fully saturated rings. The molecule has 2 rings (SSSR count).